The van der Waals surface area contributed by atoms with Crippen molar-refractivity contribution >= 4 is 16.8 Å². The van der Waals surface area contributed by atoms with Crippen molar-refractivity contribution in [3.8, 4) is 22.8 Å². The molecule has 1 amide bonds. The van der Waals surface area contributed by atoms with Gasteiger partial charge in [-0.3, -0.25) is 9.69 Å². The molecule has 42 heavy (non-hydrogen) atoms. The second kappa shape index (κ2) is 8.62. The first-order valence-electron chi connectivity index (χ1n) is 15.4. The molecule has 3 fully saturated rings. The highest BCUT2D eigenvalue weighted by molar-refractivity contribution is 6.07. The Kier molecular flexibility index (Phi) is 5.08. The monoisotopic (exact) mass is 561 g/mol. The van der Waals surface area contributed by atoms with Gasteiger partial charge in [0.15, 0.2) is 11.5 Å². The van der Waals surface area contributed by atoms with E-state index in [1.807, 2.05) is 42.5 Å². The number of aromatic hydroxyl groups is 1. The number of likely N-dealkylation sites (tertiary alicyclic amines) is 1. The molecule has 0 radical (unpaired) electrons. The summed E-state index contributed by atoms with van der Waals surface area (Å²) >= 11 is 0. The summed E-state index contributed by atoms with van der Waals surface area (Å²) < 4.78 is 6.65. The molecule has 1 aromatic heterocycles. The lowest BCUT2D eigenvalue weighted by molar-refractivity contribution is -0.191. The Morgan fingerprint density at radius 3 is 2.74 bits per heavy atom. The normalized spacial score (nSPS) is 31.0. The van der Waals surface area contributed by atoms with Gasteiger partial charge >= 0.3 is 0 Å². The van der Waals surface area contributed by atoms with Gasteiger partial charge in [0.25, 0.3) is 5.91 Å². The topological polar surface area (TPSA) is 97.8 Å². The number of amides is 1. The Morgan fingerprint density at radius 2 is 1.90 bits per heavy atom. The number of carbonyl (C=O) groups is 1. The van der Waals surface area contributed by atoms with Crippen LogP contribution in [0.25, 0.3) is 22.2 Å². The Balaban J connectivity index is 1.08. The number of para-hydroxylation sites is 1. The summed E-state index contributed by atoms with van der Waals surface area (Å²) in [7, 11) is 0. The van der Waals surface area contributed by atoms with Crippen LogP contribution in [-0.2, 0) is 11.8 Å². The SMILES string of the molecule is O=C(N[C@H]1CC[C@@]2(O)[C@H]3Cc4ccc(O)c5c4[C@@]2(CCN3CC2CC2)[C@H]1O5)c1cccc2cc(-c3ccccc3)[nH]c12. The van der Waals surface area contributed by atoms with Crippen molar-refractivity contribution in [2.75, 3.05) is 13.1 Å². The van der Waals surface area contributed by atoms with Crippen molar-refractivity contribution in [1.29, 1.82) is 0 Å². The van der Waals surface area contributed by atoms with Gasteiger partial charge in [0, 0.05) is 29.2 Å². The minimum Gasteiger partial charge on any atom is -0.504 e. The molecule has 1 spiro atoms. The molecule has 1 saturated heterocycles. The number of carbonyl (C=O) groups excluding carboxylic acids is 1. The number of aromatic amines is 1. The van der Waals surface area contributed by atoms with Crippen molar-refractivity contribution in [3.63, 3.8) is 0 Å². The van der Waals surface area contributed by atoms with Crippen molar-refractivity contribution in [1.82, 2.24) is 15.2 Å². The van der Waals surface area contributed by atoms with Gasteiger partial charge in [0.2, 0.25) is 0 Å². The first kappa shape index (κ1) is 24.8. The fourth-order valence-corrected chi connectivity index (χ4v) is 8.99. The number of ether oxygens (including phenoxy) is 1. The van der Waals surface area contributed by atoms with Crippen molar-refractivity contribution in [3.05, 3.63) is 83.4 Å². The maximum atomic E-state index is 14.0. The Labute approximate surface area is 244 Å². The average molecular weight is 562 g/mol. The van der Waals surface area contributed by atoms with E-state index in [-0.39, 0.29) is 23.7 Å². The van der Waals surface area contributed by atoms with Crippen LogP contribution in [0.4, 0.5) is 0 Å². The number of hydrogen-bond donors (Lipinski definition) is 4. The van der Waals surface area contributed by atoms with Crippen LogP contribution in [-0.4, -0.2) is 62.9 Å². The number of nitrogens with one attached hydrogen (secondary N) is 2. The lowest BCUT2D eigenvalue weighted by Gasteiger charge is -2.64. The number of piperidine rings is 1. The highest BCUT2D eigenvalue weighted by Crippen LogP contribution is 2.65. The van der Waals surface area contributed by atoms with E-state index in [1.54, 1.807) is 6.07 Å². The summed E-state index contributed by atoms with van der Waals surface area (Å²) in [5.41, 5.74) is 3.95. The molecule has 2 aliphatic heterocycles. The van der Waals surface area contributed by atoms with E-state index in [1.165, 1.54) is 12.8 Å². The van der Waals surface area contributed by atoms with Crippen LogP contribution in [0.5, 0.6) is 11.5 Å². The van der Waals surface area contributed by atoms with E-state index >= 15 is 0 Å². The van der Waals surface area contributed by atoms with Gasteiger partial charge in [-0.05, 0) is 80.3 Å². The molecule has 4 aromatic rings. The molecule has 214 valence electrons. The van der Waals surface area contributed by atoms with Crippen LogP contribution in [0.3, 0.4) is 0 Å². The quantitative estimate of drug-likeness (QED) is 0.278. The third-order valence-electron chi connectivity index (χ3n) is 11.1. The summed E-state index contributed by atoms with van der Waals surface area (Å²) in [5, 5.41) is 28.0. The number of fused-ring (bicyclic) bond motifs is 1. The maximum absolute atomic E-state index is 14.0. The molecule has 5 aliphatic rings. The fourth-order valence-electron chi connectivity index (χ4n) is 8.99. The highest BCUT2D eigenvalue weighted by atomic mass is 16.5. The number of phenolic OH excluding ortho intramolecular Hbond substituents is 1. The molecule has 4 N–H and O–H groups in total. The van der Waals surface area contributed by atoms with Crippen LogP contribution in [0.1, 0.15) is 53.6 Å². The van der Waals surface area contributed by atoms with Gasteiger partial charge in [-0.15, -0.1) is 0 Å². The van der Waals surface area contributed by atoms with E-state index in [0.717, 1.165) is 65.1 Å². The minimum atomic E-state index is -0.970. The van der Waals surface area contributed by atoms with Gasteiger partial charge < -0.3 is 25.3 Å². The van der Waals surface area contributed by atoms with Gasteiger partial charge in [-0.25, -0.2) is 0 Å². The molecular weight excluding hydrogens is 526 g/mol. The van der Waals surface area contributed by atoms with Crippen molar-refractivity contribution in [2.24, 2.45) is 5.92 Å². The second-order valence-corrected chi connectivity index (χ2v) is 13.2. The number of phenols is 1. The Morgan fingerprint density at radius 1 is 1.05 bits per heavy atom. The number of rotatable bonds is 5. The van der Waals surface area contributed by atoms with Crippen molar-refractivity contribution < 1.29 is 19.7 Å². The first-order chi connectivity index (χ1) is 20.5. The summed E-state index contributed by atoms with van der Waals surface area (Å²) in [6, 6.07) is 21.5. The van der Waals surface area contributed by atoms with Gasteiger partial charge in [-0.2, -0.15) is 0 Å². The summed E-state index contributed by atoms with van der Waals surface area (Å²) in [6.45, 7) is 1.93. The summed E-state index contributed by atoms with van der Waals surface area (Å²) in [6.07, 6.45) is 4.82. The Bertz CT molecular complexity index is 1750. The van der Waals surface area contributed by atoms with Crippen LogP contribution in [0, 0.1) is 5.92 Å². The van der Waals surface area contributed by atoms with E-state index in [0.29, 0.717) is 24.2 Å². The molecule has 7 heteroatoms. The van der Waals surface area contributed by atoms with Gasteiger partial charge in [0.1, 0.15) is 6.10 Å². The molecule has 7 nitrogen and oxygen atoms in total. The maximum Gasteiger partial charge on any atom is 0.253 e. The summed E-state index contributed by atoms with van der Waals surface area (Å²) in [5.74, 6) is 1.21. The summed E-state index contributed by atoms with van der Waals surface area (Å²) in [4.78, 5) is 20.0. The fraction of sp³-hybridized carbons (Fsp3) is 0.400. The molecule has 3 heterocycles. The molecule has 9 rings (SSSR count). The molecule has 0 unspecified atom stereocenters. The zero-order chi connectivity index (χ0) is 28.2. The van der Waals surface area contributed by atoms with Crippen molar-refractivity contribution in [2.45, 2.75) is 67.7 Å². The second-order valence-electron chi connectivity index (χ2n) is 13.2. The molecule has 5 atom stereocenters. The predicted octanol–water partition coefficient (Wildman–Crippen LogP) is 4.90. The third-order valence-corrected chi connectivity index (χ3v) is 11.1. The van der Waals surface area contributed by atoms with Gasteiger partial charge in [-0.1, -0.05) is 48.5 Å². The Hall–Kier alpha value is -3.81. The van der Waals surface area contributed by atoms with E-state index in [4.69, 9.17) is 4.74 Å². The molecule has 3 aromatic carbocycles. The smallest absolute Gasteiger partial charge is 0.253 e. The number of nitrogens with zero attached hydrogens (tertiary/aromatic N) is 1. The average Bonchev–Trinajstić information content (AvgIpc) is 3.58. The predicted molar refractivity (Wildman–Crippen MR) is 160 cm³/mol. The van der Waals surface area contributed by atoms with Gasteiger partial charge in [0.05, 0.1) is 28.1 Å². The number of hydrogen-bond acceptors (Lipinski definition) is 5. The first-order valence-corrected chi connectivity index (χ1v) is 15.4. The minimum absolute atomic E-state index is 0.0154. The number of aliphatic hydroxyl groups is 1. The van der Waals surface area contributed by atoms with Crippen LogP contribution < -0.4 is 10.1 Å². The lowest BCUT2D eigenvalue weighted by Crippen LogP contribution is -2.78. The third kappa shape index (κ3) is 3.26. The zero-order valence-corrected chi connectivity index (χ0v) is 23.5. The lowest BCUT2D eigenvalue weighted by atomic mass is 9.48. The standard InChI is InChI=1S/C35H35N3O4/c39-27-12-11-22-18-28-35(41)14-13-25(32-34(35,29(22)31(27)42-32)15-16-38(28)19-20-9-10-20)37-33(40)24-8-4-7-23-17-26(36-30(23)24)21-5-2-1-3-6-21/h1-8,11-12,17,20,25,28,32,36,39,41H,9-10,13-16,18-19H2,(H,37,40)/t25-,28+,32-,34-,35+/m0/s1. The van der Waals surface area contributed by atoms with Crippen LogP contribution >= 0.6 is 0 Å². The largest absolute Gasteiger partial charge is 0.504 e. The van der Waals surface area contributed by atoms with Crippen LogP contribution in [0.2, 0.25) is 0 Å². The molecule has 3 aliphatic carbocycles. The molecular formula is C35H35N3O4. The van der Waals surface area contributed by atoms with E-state index < -0.39 is 17.1 Å². The van der Waals surface area contributed by atoms with E-state index in [2.05, 4.69) is 33.4 Å². The molecule has 2 bridgehead atoms. The van der Waals surface area contributed by atoms with Crippen LogP contribution in [0.15, 0.2) is 66.7 Å². The van der Waals surface area contributed by atoms with E-state index in [9.17, 15) is 15.0 Å². The number of H-pyrrole nitrogens is 1. The molecule has 2 saturated carbocycles. The number of aromatic nitrogens is 1. The number of benzene rings is 3. The zero-order valence-electron chi connectivity index (χ0n) is 23.5. The highest BCUT2D eigenvalue weighted by Gasteiger charge is 2.73.